The molecule has 1 saturated carbocycles. The normalized spacial score (nSPS) is 35.3. The van der Waals surface area contributed by atoms with Crippen molar-refractivity contribution < 1.29 is 9.90 Å². The van der Waals surface area contributed by atoms with Gasteiger partial charge < -0.3 is 10.4 Å². The summed E-state index contributed by atoms with van der Waals surface area (Å²) in [5.41, 5.74) is 0. The van der Waals surface area contributed by atoms with Crippen LogP contribution in [0.4, 0.5) is 0 Å². The van der Waals surface area contributed by atoms with Gasteiger partial charge in [-0.05, 0) is 24.8 Å². The highest BCUT2D eigenvalue weighted by atomic mass is 16.4. The first-order chi connectivity index (χ1) is 5.77. The summed E-state index contributed by atoms with van der Waals surface area (Å²) in [7, 11) is 0. The van der Waals surface area contributed by atoms with Gasteiger partial charge in [-0.2, -0.15) is 0 Å². The highest BCUT2D eigenvalue weighted by Gasteiger charge is 2.36. The molecule has 1 heterocycles. The van der Waals surface area contributed by atoms with Gasteiger partial charge in [-0.1, -0.05) is 12.8 Å². The molecule has 1 saturated heterocycles. The molecule has 1 aliphatic heterocycles. The number of carbonyl (C=O) groups is 1. The van der Waals surface area contributed by atoms with E-state index in [1.54, 1.807) is 0 Å². The molecule has 0 unspecified atom stereocenters. The number of aliphatic carboxylic acids is 1. The van der Waals surface area contributed by atoms with Crippen LogP contribution >= 0.6 is 0 Å². The lowest BCUT2D eigenvalue weighted by molar-refractivity contribution is -0.142. The van der Waals surface area contributed by atoms with Crippen LogP contribution in [0.25, 0.3) is 0 Å². The average Bonchev–Trinajstić information content (AvgIpc) is 2.66. The van der Waals surface area contributed by atoms with Gasteiger partial charge in [-0.15, -0.1) is 0 Å². The molecule has 2 rings (SSSR count). The van der Waals surface area contributed by atoms with Gasteiger partial charge in [0.15, 0.2) is 0 Å². The Kier molecular flexibility index (Phi) is 2.05. The largest absolute Gasteiger partial charge is 0.481 e. The summed E-state index contributed by atoms with van der Waals surface area (Å²) in [5.74, 6) is 0.503. The van der Waals surface area contributed by atoms with Crippen LogP contribution in [0.3, 0.4) is 0 Å². The van der Waals surface area contributed by atoms with Gasteiger partial charge in [0.1, 0.15) is 0 Å². The molecule has 0 spiro atoms. The number of nitrogens with one attached hydrogen (secondary N) is 1. The summed E-state index contributed by atoms with van der Waals surface area (Å²) in [6, 6.07) is 0. The average molecular weight is 169 g/mol. The Morgan fingerprint density at radius 1 is 1.42 bits per heavy atom. The predicted molar refractivity (Wildman–Crippen MR) is 44.8 cm³/mol. The van der Waals surface area contributed by atoms with E-state index in [-0.39, 0.29) is 5.92 Å². The minimum absolute atomic E-state index is 0.120. The van der Waals surface area contributed by atoms with Crippen molar-refractivity contribution in [1.29, 1.82) is 0 Å². The number of carboxylic acid groups (broad SMARTS) is 1. The van der Waals surface area contributed by atoms with E-state index in [4.69, 9.17) is 5.11 Å². The van der Waals surface area contributed by atoms with Crippen molar-refractivity contribution >= 4 is 5.97 Å². The molecule has 1 aliphatic carbocycles. The van der Waals surface area contributed by atoms with Crippen LogP contribution < -0.4 is 5.32 Å². The lowest BCUT2D eigenvalue weighted by atomic mass is 9.91. The van der Waals surface area contributed by atoms with Crippen LogP contribution in [-0.2, 0) is 4.79 Å². The summed E-state index contributed by atoms with van der Waals surface area (Å²) in [4.78, 5) is 10.8. The molecule has 68 valence electrons. The summed E-state index contributed by atoms with van der Waals surface area (Å²) in [5, 5.41) is 12.0. The molecule has 2 atom stereocenters. The fraction of sp³-hybridized carbons (Fsp3) is 0.889. The molecule has 2 N–H and O–H groups in total. The first kappa shape index (κ1) is 8.05. The van der Waals surface area contributed by atoms with Gasteiger partial charge in [0.05, 0.1) is 5.92 Å². The van der Waals surface area contributed by atoms with E-state index in [1.807, 2.05) is 0 Å². The summed E-state index contributed by atoms with van der Waals surface area (Å²) in [6.07, 6.45) is 3.77. The van der Waals surface area contributed by atoms with Crippen LogP contribution in [0.15, 0.2) is 0 Å². The summed E-state index contributed by atoms with van der Waals surface area (Å²) in [6.45, 7) is 1.58. The molecule has 2 aliphatic rings. The molecule has 3 heteroatoms. The van der Waals surface area contributed by atoms with Gasteiger partial charge in [-0.3, -0.25) is 4.79 Å². The monoisotopic (exact) mass is 169 g/mol. The number of rotatable bonds is 3. The van der Waals surface area contributed by atoms with Crippen LogP contribution in [0.5, 0.6) is 0 Å². The van der Waals surface area contributed by atoms with Crippen molar-refractivity contribution in [2.45, 2.75) is 19.3 Å². The minimum atomic E-state index is -0.620. The Bertz CT molecular complexity index is 189. The maximum absolute atomic E-state index is 10.8. The van der Waals surface area contributed by atoms with Crippen molar-refractivity contribution in [3.63, 3.8) is 0 Å². The van der Waals surface area contributed by atoms with E-state index in [2.05, 4.69) is 5.32 Å². The third kappa shape index (κ3) is 1.61. The molecule has 0 bridgehead atoms. The lowest BCUT2D eigenvalue weighted by Gasteiger charge is -2.13. The van der Waals surface area contributed by atoms with Crippen molar-refractivity contribution in [2.24, 2.45) is 17.8 Å². The van der Waals surface area contributed by atoms with Gasteiger partial charge in [0, 0.05) is 6.54 Å². The van der Waals surface area contributed by atoms with Crippen molar-refractivity contribution in [3.8, 4) is 0 Å². The van der Waals surface area contributed by atoms with Gasteiger partial charge >= 0.3 is 5.97 Å². The quantitative estimate of drug-likeness (QED) is 0.654. The minimum Gasteiger partial charge on any atom is -0.481 e. The summed E-state index contributed by atoms with van der Waals surface area (Å²) >= 11 is 0. The fourth-order valence-corrected chi connectivity index (χ4v) is 2.05. The zero-order valence-electron chi connectivity index (χ0n) is 7.12. The maximum Gasteiger partial charge on any atom is 0.308 e. The van der Waals surface area contributed by atoms with Gasteiger partial charge in [0.25, 0.3) is 0 Å². The Morgan fingerprint density at radius 3 is 2.75 bits per heavy atom. The van der Waals surface area contributed by atoms with Crippen molar-refractivity contribution in [2.75, 3.05) is 13.1 Å². The molecule has 0 aromatic carbocycles. The van der Waals surface area contributed by atoms with E-state index < -0.39 is 5.97 Å². The van der Waals surface area contributed by atoms with Crippen molar-refractivity contribution in [1.82, 2.24) is 5.32 Å². The maximum atomic E-state index is 10.8. The Morgan fingerprint density at radius 2 is 2.17 bits per heavy atom. The zero-order valence-corrected chi connectivity index (χ0v) is 7.12. The number of carboxylic acids is 1. The van der Waals surface area contributed by atoms with Crippen LogP contribution in [-0.4, -0.2) is 24.2 Å². The van der Waals surface area contributed by atoms with Gasteiger partial charge in [-0.25, -0.2) is 0 Å². The molecule has 2 fully saturated rings. The van der Waals surface area contributed by atoms with Crippen LogP contribution in [0.1, 0.15) is 19.3 Å². The molecule has 0 aromatic heterocycles. The molecular weight excluding hydrogens is 154 g/mol. The molecule has 3 nitrogen and oxygen atoms in total. The summed E-state index contributed by atoms with van der Waals surface area (Å²) < 4.78 is 0. The van der Waals surface area contributed by atoms with Crippen LogP contribution in [0.2, 0.25) is 0 Å². The van der Waals surface area contributed by atoms with E-state index in [1.165, 1.54) is 12.8 Å². The van der Waals surface area contributed by atoms with Gasteiger partial charge in [0.2, 0.25) is 0 Å². The third-order valence-corrected chi connectivity index (χ3v) is 2.99. The van der Waals surface area contributed by atoms with E-state index in [0.717, 1.165) is 18.9 Å². The fourth-order valence-electron chi connectivity index (χ4n) is 2.05. The first-order valence-corrected chi connectivity index (χ1v) is 4.71. The Hall–Kier alpha value is -0.570. The molecular formula is C9H15NO2. The second kappa shape index (κ2) is 3.05. The SMILES string of the molecule is O=C(O)[C@@H]1CNC[C@H]1CC1CC1. The standard InChI is InChI=1S/C9H15NO2/c11-9(12)8-5-10-4-7(8)3-6-1-2-6/h6-8,10H,1-5H2,(H,11,12)/t7-,8-/m1/s1. The van der Waals surface area contributed by atoms with E-state index in [0.29, 0.717) is 12.5 Å². The lowest BCUT2D eigenvalue weighted by Crippen LogP contribution is -2.22. The molecule has 0 radical (unpaired) electrons. The second-order valence-corrected chi connectivity index (χ2v) is 4.04. The van der Waals surface area contributed by atoms with Crippen molar-refractivity contribution in [3.05, 3.63) is 0 Å². The van der Waals surface area contributed by atoms with E-state index in [9.17, 15) is 4.79 Å². The topological polar surface area (TPSA) is 49.3 Å². The second-order valence-electron chi connectivity index (χ2n) is 4.04. The Balaban J connectivity index is 1.88. The first-order valence-electron chi connectivity index (χ1n) is 4.71. The molecule has 0 aromatic rings. The Labute approximate surface area is 72.2 Å². The molecule has 0 amide bonds. The number of hydrogen-bond acceptors (Lipinski definition) is 2. The highest BCUT2D eigenvalue weighted by molar-refractivity contribution is 5.71. The zero-order chi connectivity index (χ0) is 8.55. The molecule has 12 heavy (non-hydrogen) atoms. The predicted octanol–water partition coefficient (Wildman–Crippen LogP) is 0.707. The smallest absolute Gasteiger partial charge is 0.308 e. The number of hydrogen-bond donors (Lipinski definition) is 2. The van der Waals surface area contributed by atoms with E-state index >= 15 is 0 Å². The third-order valence-electron chi connectivity index (χ3n) is 2.99. The highest BCUT2D eigenvalue weighted by Crippen LogP contribution is 2.38. The van der Waals surface area contributed by atoms with Crippen LogP contribution in [0, 0.1) is 17.8 Å².